The van der Waals surface area contributed by atoms with Crippen molar-refractivity contribution in [3.63, 3.8) is 0 Å². The first kappa shape index (κ1) is 20.0. The first-order valence-electron chi connectivity index (χ1n) is 9.33. The average Bonchev–Trinajstić information content (AvgIpc) is 2.50. The van der Waals surface area contributed by atoms with Crippen LogP contribution in [0.2, 0.25) is 0 Å². The van der Waals surface area contributed by atoms with Gasteiger partial charge >= 0.3 is 11.9 Å². The molecule has 1 aliphatic carbocycles. The van der Waals surface area contributed by atoms with Gasteiger partial charge in [0.25, 0.3) is 0 Å². The molecule has 0 spiro atoms. The van der Waals surface area contributed by atoms with Gasteiger partial charge in [0, 0.05) is 0 Å². The lowest BCUT2D eigenvalue weighted by molar-refractivity contribution is -0.170. The highest BCUT2D eigenvalue weighted by Crippen LogP contribution is 2.33. The van der Waals surface area contributed by atoms with E-state index in [4.69, 9.17) is 4.74 Å². The van der Waals surface area contributed by atoms with Gasteiger partial charge in [0.15, 0.2) is 0 Å². The zero-order valence-corrected chi connectivity index (χ0v) is 15.1. The Labute approximate surface area is 141 Å². The van der Waals surface area contributed by atoms with Crippen molar-refractivity contribution in [1.29, 1.82) is 0 Å². The van der Waals surface area contributed by atoms with Crippen LogP contribution in [0.25, 0.3) is 0 Å². The van der Waals surface area contributed by atoms with Gasteiger partial charge in [0.1, 0.15) is 5.60 Å². The van der Waals surface area contributed by atoms with Crippen molar-refractivity contribution in [1.82, 2.24) is 0 Å². The summed E-state index contributed by atoms with van der Waals surface area (Å²) in [7, 11) is 0. The Morgan fingerprint density at radius 3 is 2.17 bits per heavy atom. The summed E-state index contributed by atoms with van der Waals surface area (Å²) in [4.78, 5) is 23.7. The predicted octanol–water partition coefficient (Wildman–Crippen LogP) is 4.95. The summed E-state index contributed by atoms with van der Waals surface area (Å²) in [5, 5.41) is 9.29. The summed E-state index contributed by atoms with van der Waals surface area (Å²) in [5.41, 5.74) is -0.498. The number of aliphatic carboxylic acids is 1. The third-order valence-corrected chi connectivity index (χ3v) is 4.90. The molecule has 1 rings (SSSR count). The Kier molecular flexibility index (Phi) is 8.64. The van der Waals surface area contributed by atoms with Gasteiger partial charge in [-0.1, -0.05) is 51.9 Å². The number of unbranched alkanes of at least 4 members (excludes halogenated alkanes) is 5. The molecule has 1 fully saturated rings. The van der Waals surface area contributed by atoms with Crippen LogP contribution in [0, 0.1) is 11.8 Å². The van der Waals surface area contributed by atoms with Gasteiger partial charge in [-0.3, -0.25) is 9.59 Å². The lowest BCUT2D eigenvalue weighted by atomic mass is 9.79. The fourth-order valence-electron chi connectivity index (χ4n) is 3.44. The molecular weight excluding hydrogens is 292 g/mol. The minimum Gasteiger partial charge on any atom is -0.481 e. The van der Waals surface area contributed by atoms with E-state index in [1.54, 1.807) is 0 Å². The fourth-order valence-corrected chi connectivity index (χ4v) is 3.44. The van der Waals surface area contributed by atoms with Crippen molar-refractivity contribution in [3.05, 3.63) is 0 Å². The second-order valence-electron chi connectivity index (χ2n) is 7.53. The molecule has 23 heavy (non-hydrogen) atoms. The second kappa shape index (κ2) is 9.94. The van der Waals surface area contributed by atoms with Crippen LogP contribution in [-0.2, 0) is 14.3 Å². The summed E-state index contributed by atoms with van der Waals surface area (Å²) in [6.07, 6.45) is 11.2. The number of ether oxygens (including phenoxy) is 1. The largest absolute Gasteiger partial charge is 0.481 e. The predicted molar refractivity (Wildman–Crippen MR) is 91.2 cm³/mol. The Morgan fingerprint density at radius 2 is 1.57 bits per heavy atom. The maximum absolute atomic E-state index is 12.4. The molecule has 2 unspecified atom stereocenters. The number of carboxylic acids is 1. The van der Waals surface area contributed by atoms with Crippen LogP contribution in [0.5, 0.6) is 0 Å². The summed E-state index contributed by atoms with van der Waals surface area (Å²) >= 11 is 0. The first-order valence-corrected chi connectivity index (χ1v) is 9.33. The number of carbonyl (C=O) groups excluding carboxylic acids is 1. The van der Waals surface area contributed by atoms with Gasteiger partial charge in [0.2, 0.25) is 0 Å². The topological polar surface area (TPSA) is 63.6 Å². The number of hydrogen-bond acceptors (Lipinski definition) is 3. The number of hydrogen-bond donors (Lipinski definition) is 1. The Balaban J connectivity index is 2.39. The van der Waals surface area contributed by atoms with Crippen molar-refractivity contribution in [2.45, 2.75) is 97.0 Å². The minimum atomic E-state index is -0.861. The van der Waals surface area contributed by atoms with E-state index in [-0.39, 0.29) is 5.97 Å². The van der Waals surface area contributed by atoms with E-state index in [0.29, 0.717) is 12.8 Å². The molecule has 0 amide bonds. The van der Waals surface area contributed by atoms with Crippen LogP contribution >= 0.6 is 0 Å². The van der Waals surface area contributed by atoms with Crippen molar-refractivity contribution < 1.29 is 19.4 Å². The zero-order chi connectivity index (χ0) is 17.3. The molecule has 0 bridgehead atoms. The third kappa shape index (κ3) is 7.36. The molecule has 2 atom stereocenters. The molecule has 0 aromatic heterocycles. The average molecular weight is 326 g/mol. The van der Waals surface area contributed by atoms with Crippen molar-refractivity contribution in [2.24, 2.45) is 11.8 Å². The van der Waals surface area contributed by atoms with Crippen molar-refractivity contribution in [2.75, 3.05) is 0 Å². The number of esters is 1. The highest BCUT2D eigenvalue weighted by atomic mass is 16.6. The zero-order valence-electron chi connectivity index (χ0n) is 15.1. The molecule has 0 saturated heterocycles. The Bertz CT molecular complexity index is 376. The summed E-state index contributed by atoms with van der Waals surface area (Å²) in [5.74, 6) is -2.21. The molecule has 1 saturated carbocycles. The lowest BCUT2D eigenvalue weighted by Gasteiger charge is -2.32. The molecule has 0 aromatic carbocycles. The minimum absolute atomic E-state index is 0.312. The fraction of sp³-hybridized carbons (Fsp3) is 0.895. The quantitative estimate of drug-likeness (QED) is 0.456. The van der Waals surface area contributed by atoms with Gasteiger partial charge in [-0.25, -0.2) is 0 Å². The van der Waals surface area contributed by atoms with Gasteiger partial charge in [0.05, 0.1) is 11.8 Å². The molecule has 1 N–H and O–H groups in total. The molecular formula is C19H34O4. The van der Waals surface area contributed by atoms with Gasteiger partial charge in [-0.15, -0.1) is 0 Å². The standard InChI is InChI=1S/C19H34O4/c1-4-5-6-7-8-11-14-19(2,3)23-18(22)16-13-10-9-12-15(16)17(20)21/h15-16H,4-14H2,1-3H3,(H,20,21). The normalized spacial score (nSPS) is 21.9. The Hall–Kier alpha value is -1.06. The van der Waals surface area contributed by atoms with Crippen LogP contribution < -0.4 is 0 Å². The van der Waals surface area contributed by atoms with E-state index in [2.05, 4.69) is 6.92 Å². The van der Waals surface area contributed by atoms with Crippen molar-refractivity contribution >= 4 is 11.9 Å². The van der Waals surface area contributed by atoms with Gasteiger partial charge < -0.3 is 9.84 Å². The number of rotatable bonds is 10. The maximum Gasteiger partial charge on any atom is 0.310 e. The highest BCUT2D eigenvalue weighted by Gasteiger charge is 2.38. The summed E-state index contributed by atoms with van der Waals surface area (Å²) in [6.45, 7) is 6.09. The van der Waals surface area contributed by atoms with E-state index in [1.807, 2.05) is 13.8 Å². The molecule has 1 aliphatic rings. The summed E-state index contributed by atoms with van der Waals surface area (Å²) < 4.78 is 5.68. The molecule has 4 heteroatoms. The van der Waals surface area contributed by atoms with Gasteiger partial charge in [-0.2, -0.15) is 0 Å². The van der Waals surface area contributed by atoms with Crippen molar-refractivity contribution in [3.8, 4) is 0 Å². The van der Waals surface area contributed by atoms with Crippen LogP contribution in [0.3, 0.4) is 0 Å². The second-order valence-corrected chi connectivity index (χ2v) is 7.53. The van der Waals surface area contributed by atoms with E-state index in [9.17, 15) is 14.7 Å². The lowest BCUT2D eigenvalue weighted by Crippen LogP contribution is -2.38. The van der Waals surface area contributed by atoms with Crippen LogP contribution in [0.4, 0.5) is 0 Å². The SMILES string of the molecule is CCCCCCCCC(C)(C)OC(=O)C1CCCCC1C(=O)O. The Morgan fingerprint density at radius 1 is 1.00 bits per heavy atom. The molecule has 0 heterocycles. The molecule has 134 valence electrons. The van der Waals surface area contributed by atoms with Crippen LogP contribution in [0.1, 0.15) is 91.4 Å². The monoisotopic (exact) mass is 326 g/mol. The van der Waals surface area contributed by atoms with E-state index in [1.165, 1.54) is 32.1 Å². The van der Waals surface area contributed by atoms with Crippen LogP contribution in [-0.4, -0.2) is 22.6 Å². The molecule has 0 aromatic rings. The van der Waals surface area contributed by atoms with Gasteiger partial charge in [-0.05, 0) is 39.5 Å². The first-order chi connectivity index (χ1) is 10.9. The van der Waals surface area contributed by atoms with E-state index in [0.717, 1.165) is 25.7 Å². The van der Waals surface area contributed by atoms with E-state index >= 15 is 0 Å². The summed E-state index contributed by atoms with van der Waals surface area (Å²) in [6, 6.07) is 0. The number of carbonyl (C=O) groups is 2. The van der Waals surface area contributed by atoms with Crippen LogP contribution in [0.15, 0.2) is 0 Å². The van der Waals surface area contributed by atoms with E-state index < -0.39 is 23.4 Å². The molecule has 4 nitrogen and oxygen atoms in total. The third-order valence-electron chi connectivity index (χ3n) is 4.90. The maximum atomic E-state index is 12.4. The highest BCUT2D eigenvalue weighted by molar-refractivity contribution is 5.81. The molecule has 0 aliphatic heterocycles. The smallest absolute Gasteiger partial charge is 0.310 e. The number of carboxylic acid groups (broad SMARTS) is 1. The molecule has 0 radical (unpaired) electrons.